The maximum Gasteiger partial charge on any atom is 0.216 e. The van der Waals surface area contributed by atoms with Crippen LogP contribution in [0, 0.1) is 23.2 Å². The van der Waals surface area contributed by atoms with Gasteiger partial charge >= 0.3 is 0 Å². The first-order chi connectivity index (χ1) is 6.91. The molecule has 0 unspecified atom stereocenters. The summed E-state index contributed by atoms with van der Waals surface area (Å²) in [4.78, 5) is 6.23. The third-order valence-electron chi connectivity index (χ3n) is 4.79. The van der Waals surface area contributed by atoms with E-state index in [1.165, 1.54) is 6.42 Å². The SMILES string of the molecule is CC(=NC(=N)Cl)N(C)C12CC([C@H]1C)[C@H]2C. The van der Waals surface area contributed by atoms with E-state index in [2.05, 4.69) is 30.8 Å². The summed E-state index contributed by atoms with van der Waals surface area (Å²) >= 11 is 5.48. The average Bonchev–Trinajstić information content (AvgIpc) is 2.13. The standard InChI is InChI=1S/C11H18ClN3/c1-6-9-5-11(6,7(9)2)15(4)8(3)14-10(12)13/h6-7,9,13H,5H2,1-4H3/t6-,7-,9?,11?/m1/s1. The number of hydrogen-bond donors (Lipinski definition) is 1. The third kappa shape index (κ3) is 1.19. The van der Waals surface area contributed by atoms with Gasteiger partial charge in [-0.15, -0.1) is 0 Å². The zero-order valence-corrected chi connectivity index (χ0v) is 10.5. The molecule has 0 radical (unpaired) electrons. The molecule has 84 valence electrons. The second-order valence-corrected chi connectivity index (χ2v) is 5.30. The maximum atomic E-state index is 7.16. The van der Waals surface area contributed by atoms with E-state index in [0.717, 1.165) is 23.6 Å². The molecule has 3 rings (SSSR count). The highest BCUT2D eigenvalue weighted by Gasteiger charge is 2.70. The van der Waals surface area contributed by atoms with Gasteiger partial charge in [0.15, 0.2) is 0 Å². The van der Waals surface area contributed by atoms with Crippen molar-refractivity contribution in [2.45, 2.75) is 32.7 Å². The van der Waals surface area contributed by atoms with E-state index < -0.39 is 0 Å². The van der Waals surface area contributed by atoms with Crippen LogP contribution in [0.2, 0.25) is 0 Å². The molecule has 2 bridgehead atoms. The molecule has 3 saturated carbocycles. The van der Waals surface area contributed by atoms with Crippen molar-refractivity contribution < 1.29 is 0 Å². The van der Waals surface area contributed by atoms with Gasteiger partial charge in [-0.2, -0.15) is 0 Å². The van der Waals surface area contributed by atoms with Crippen LogP contribution in [-0.4, -0.2) is 28.6 Å². The molecule has 0 aromatic carbocycles. The van der Waals surface area contributed by atoms with Crippen molar-refractivity contribution in [1.82, 2.24) is 4.90 Å². The lowest BCUT2D eigenvalue weighted by Gasteiger charge is -2.75. The lowest BCUT2D eigenvalue weighted by molar-refractivity contribution is -0.230. The highest BCUT2D eigenvalue weighted by molar-refractivity contribution is 6.64. The van der Waals surface area contributed by atoms with Crippen LogP contribution < -0.4 is 0 Å². The minimum absolute atomic E-state index is 0.133. The van der Waals surface area contributed by atoms with E-state index in [1.807, 2.05) is 6.92 Å². The Balaban J connectivity index is 2.15. The van der Waals surface area contributed by atoms with Gasteiger partial charge in [-0.1, -0.05) is 13.8 Å². The number of aliphatic imine (C=N–C) groups is 1. The normalized spacial score (nSPS) is 43.0. The Bertz CT molecular complexity index is 327. The highest BCUT2D eigenvalue weighted by Crippen LogP contribution is 2.68. The largest absolute Gasteiger partial charge is 0.357 e. The predicted octanol–water partition coefficient (Wildman–Crippen LogP) is 2.55. The summed E-state index contributed by atoms with van der Waals surface area (Å²) in [5.74, 6) is 3.27. The van der Waals surface area contributed by atoms with Crippen LogP contribution in [0.15, 0.2) is 4.99 Å². The van der Waals surface area contributed by atoms with Crippen LogP contribution in [0.3, 0.4) is 0 Å². The second-order valence-electron chi connectivity index (χ2n) is 4.95. The monoisotopic (exact) mass is 227 g/mol. The molecular formula is C11H18ClN3. The molecule has 3 nitrogen and oxygen atoms in total. The lowest BCUT2D eigenvalue weighted by Crippen LogP contribution is -2.80. The van der Waals surface area contributed by atoms with Crippen LogP contribution >= 0.6 is 11.6 Å². The quantitative estimate of drug-likeness (QED) is 0.418. The van der Waals surface area contributed by atoms with E-state index in [-0.39, 0.29) is 5.29 Å². The van der Waals surface area contributed by atoms with Crippen molar-refractivity contribution in [2.24, 2.45) is 22.7 Å². The predicted molar refractivity (Wildman–Crippen MR) is 63.6 cm³/mol. The molecule has 0 aliphatic heterocycles. The van der Waals surface area contributed by atoms with Crippen LogP contribution in [0.1, 0.15) is 27.2 Å². The van der Waals surface area contributed by atoms with Gasteiger partial charge in [0.1, 0.15) is 5.84 Å². The molecule has 0 heterocycles. The molecule has 3 fully saturated rings. The molecule has 3 aliphatic carbocycles. The number of rotatable bonds is 1. The molecule has 0 aromatic rings. The highest BCUT2D eigenvalue weighted by atomic mass is 35.5. The molecule has 3 aliphatic rings. The van der Waals surface area contributed by atoms with E-state index in [1.54, 1.807) is 0 Å². The van der Waals surface area contributed by atoms with Crippen LogP contribution in [0.4, 0.5) is 0 Å². The van der Waals surface area contributed by atoms with Crippen molar-refractivity contribution in [3.63, 3.8) is 0 Å². The van der Waals surface area contributed by atoms with Crippen molar-refractivity contribution in [3.8, 4) is 0 Å². The van der Waals surface area contributed by atoms with E-state index in [4.69, 9.17) is 17.0 Å². The zero-order chi connectivity index (χ0) is 11.4. The van der Waals surface area contributed by atoms with Crippen LogP contribution in [0.5, 0.6) is 0 Å². The summed E-state index contributed by atoms with van der Waals surface area (Å²) in [5, 5.41) is 7.03. The lowest BCUT2D eigenvalue weighted by atomic mass is 9.36. The smallest absolute Gasteiger partial charge is 0.216 e. The Hall–Kier alpha value is -0.570. The fourth-order valence-electron chi connectivity index (χ4n) is 3.52. The zero-order valence-electron chi connectivity index (χ0n) is 9.71. The van der Waals surface area contributed by atoms with Gasteiger partial charge in [0.2, 0.25) is 5.29 Å². The molecular weight excluding hydrogens is 210 g/mol. The van der Waals surface area contributed by atoms with Crippen LogP contribution in [-0.2, 0) is 0 Å². The van der Waals surface area contributed by atoms with Crippen molar-refractivity contribution >= 4 is 22.7 Å². The minimum Gasteiger partial charge on any atom is -0.357 e. The molecule has 0 spiro atoms. The summed E-state index contributed by atoms with van der Waals surface area (Å²) in [6.45, 7) is 6.55. The molecule has 1 N–H and O–H groups in total. The van der Waals surface area contributed by atoms with Gasteiger partial charge in [-0.05, 0) is 42.7 Å². The van der Waals surface area contributed by atoms with E-state index in [9.17, 15) is 0 Å². The first-order valence-corrected chi connectivity index (χ1v) is 5.82. The minimum atomic E-state index is -0.133. The fraction of sp³-hybridized carbons (Fsp3) is 0.818. The topological polar surface area (TPSA) is 39.5 Å². The molecule has 0 aromatic heterocycles. The second kappa shape index (κ2) is 3.21. The molecule has 2 atom stereocenters. The summed E-state index contributed by atoms with van der Waals surface area (Å²) in [7, 11) is 2.07. The number of nitrogens with zero attached hydrogens (tertiary/aromatic N) is 2. The average molecular weight is 228 g/mol. The van der Waals surface area contributed by atoms with Gasteiger partial charge in [0.05, 0.1) is 0 Å². The molecule has 0 saturated heterocycles. The fourth-order valence-corrected chi connectivity index (χ4v) is 3.64. The maximum absolute atomic E-state index is 7.16. The number of amidine groups is 2. The summed E-state index contributed by atoms with van der Waals surface area (Å²) in [6, 6.07) is 0. The molecule has 4 heteroatoms. The van der Waals surface area contributed by atoms with Gasteiger partial charge < -0.3 is 4.90 Å². The van der Waals surface area contributed by atoms with Crippen molar-refractivity contribution in [2.75, 3.05) is 7.05 Å². The third-order valence-corrected chi connectivity index (χ3v) is 4.88. The van der Waals surface area contributed by atoms with Crippen molar-refractivity contribution in [3.05, 3.63) is 0 Å². The summed E-state index contributed by atoms with van der Waals surface area (Å²) in [6.07, 6.45) is 1.27. The van der Waals surface area contributed by atoms with E-state index >= 15 is 0 Å². The summed E-state index contributed by atoms with van der Waals surface area (Å²) in [5.41, 5.74) is 0.296. The van der Waals surface area contributed by atoms with Gasteiger partial charge in [0.25, 0.3) is 0 Å². The molecule has 0 amide bonds. The summed E-state index contributed by atoms with van der Waals surface area (Å²) < 4.78 is 0. The number of halogens is 1. The Labute approximate surface area is 96.0 Å². The number of nitrogens with one attached hydrogen (secondary N) is 1. The van der Waals surface area contributed by atoms with Crippen LogP contribution in [0.25, 0.3) is 0 Å². The Morgan fingerprint density at radius 1 is 1.47 bits per heavy atom. The molecule has 15 heavy (non-hydrogen) atoms. The Kier molecular flexibility index (Phi) is 2.34. The van der Waals surface area contributed by atoms with Gasteiger partial charge in [-0.25, -0.2) is 4.99 Å². The first-order valence-electron chi connectivity index (χ1n) is 5.44. The first kappa shape index (κ1) is 10.9. The van der Waals surface area contributed by atoms with E-state index in [0.29, 0.717) is 5.54 Å². The van der Waals surface area contributed by atoms with Gasteiger partial charge in [0, 0.05) is 12.6 Å². The Morgan fingerprint density at radius 2 is 2.00 bits per heavy atom. The van der Waals surface area contributed by atoms with Gasteiger partial charge in [-0.3, -0.25) is 5.41 Å². The number of hydrogen-bond acceptors (Lipinski definition) is 1. The Morgan fingerprint density at radius 3 is 2.33 bits per heavy atom. The van der Waals surface area contributed by atoms with Crippen molar-refractivity contribution in [1.29, 1.82) is 5.41 Å².